The largest absolute Gasteiger partial charge is 0.668 e. The second-order valence-corrected chi connectivity index (χ2v) is 6.95. The van der Waals surface area contributed by atoms with Gasteiger partial charge in [-0.05, 0) is 0 Å². The van der Waals surface area contributed by atoms with Crippen LogP contribution in [0.1, 0.15) is 13.8 Å². The fourth-order valence-corrected chi connectivity index (χ4v) is 3.72. The molecule has 118 valence electrons. The van der Waals surface area contributed by atoms with Crippen LogP contribution in [0.5, 0.6) is 0 Å². The molecule has 2 rings (SSSR count). The zero-order chi connectivity index (χ0) is 16.2. The van der Waals surface area contributed by atoms with E-state index in [0.717, 1.165) is 0 Å². The normalized spacial score (nSPS) is 18.4. The second-order valence-electron chi connectivity index (χ2n) is 5.05. The number of rotatable bonds is 2. The summed E-state index contributed by atoms with van der Waals surface area (Å²) in [7, 11) is 7.00. The third-order valence-corrected chi connectivity index (χ3v) is 5.85. The SMILES string of the molecule is CC1([N]=[W]=[N]C2(C)C=CC=C2)C=CC=C1.C[N-]C.C[N-]C. The summed E-state index contributed by atoms with van der Waals surface area (Å²) < 4.78 is 9.44. The number of allylic oxidation sites excluding steroid dienone is 4. The molecule has 0 heterocycles. The molecule has 4 nitrogen and oxygen atoms in total. The van der Waals surface area contributed by atoms with Gasteiger partial charge < -0.3 is 10.6 Å². The maximum Gasteiger partial charge on any atom is -0.162 e. The molecule has 0 bridgehead atoms. The molecule has 0 aromatic heterocycles. The quantitative estimate of drug-likeness (QED) is 0.588. The molecule has 0 amide bonds. The van der Waals surface area contributed by atoms with Crippen LogP contribution in [0.4, 0.5) is 0 Å². The molecule has 0 N–H and O–H groups in total. The van der Waals surface area contributed by atoms with Gasteiger partial charge in [0.2, 0.25) is 0 Å². The van der Waals surface area contributed by atoms with Crippen LogP contribution in [0.3, 0.4) is 0 Å². The molecule has 0 aromatic rings. The van der Waals surface area contributed by atoms with Gasteiger partial charge in [-0.25, -0.2) is 0 Å². The molecule has 21 heavy (non-hydrogen) atoms. The van der Waals surface area contributed by atoms with Crippen LogP contribution in [0.25, 0.3) is 10.6 Å². The van der Waals surface area contributed by atoms with Gasteiger partial charge in [-0.1, -0.05) is 0 Å². The number of nitrogens with zero attached hydrogens (tertiary/aromatic N) is 4. The third-order valence-electron chi connectivity index (χ3n) is 2.43. The van der Waals surface area contributed by atoms with E-state index in [1.807, 2.05) is 0 Å². The first-order valence-corrected chi connectivity index (χ1v) is 9.38. The average molecular weight is 458 g/mol. The van der Waals surface area contributed by atoms with Gasteiger partial charge in [-0.2, -0.15) is 28.2 Å². The standard InChI is InChI=1S/2C6H7N.2C2H6N.W/c2*1-6(7)4-2-3-5-6;2*1-3-2;/h2*2-5H,1H3;2*1-2H3;/q;;2*-1;. The zero-order valence-electron chi connectivity index (χ0n) is 13.8. The summed E-state index contributed by atoms with van der Waals surface area (Å²) in [6.45, 7) is 4.26. The van der Waals surface area contributed by atoms with Gasteiger partial charge in [-0.3, -0.25) is 0 Å². The van der Waals surface area contributed by atoms with Crippen molar-refractivity contribution in [1.29, 1.82) is 0 Å². The van der Waals surface area contributed by atoms with Crippen molar-refractivity contribution in [3.8, 4) is 0 Å². The van der Waals surface area contributed by atoms with Crippen LogP contribution in [-0.4, -0.2) is 39.3 Å². The Kier molecular flexibility index (Phi) is 10.4. The van der Waals surface area contributed by atoms with Crippen molar-refractivity contribution in [3.05, 3.63) is 59.2 Å². The molecule has 0 atom stereocenters. The molecule has 5 heteroatoms. The second kappa shape index (κ2) is 10.8. The van der Waals surface area contributed by atoms with E-state index in [-0.39, 0.29) is 11.1 Å². The Morgan fingerprint density at radius 1 is 0.667 bits per heavy atom. The molecular formula is C16H26N4W-2. The van der Waals surface area contributed by atoms with E-state index in [9.17, 15) is 0 Å². The Morgan fingerprint density at radius 2 is 0.905 bits per heavy atom. The minimum Gasteiger partial charge on any atom is -0.668 e. The van der Waals surface area contributed by atoms with Crippen LogP contribution < -0.4 is 0 Å². The van der Waals surface area contributed by atoms with Crippen molar-refractivity contribution >= 4 is 0 Å². The molecule has 0 fully saturated rings. The van der Waals surface area contributed by atoms with Crippen LogP contribution in [-0.2, 0) is 18.2 Å². The first-order chi connectivity index (χ1) is 9.95. The fraction of sp³-hybridized carbons (Fsp3) is 0.500. The average Bonchev–Trinajstić information content (AvgIpc) is 3.01. The third kappa shape index (κ3) is 8.92. The van der Waals surface area contributed by atoms with Crippen molar-refractivity contribution < 1.29 is 18.2 Å². The Morgan fingerprint density at radius 3 is 1.14 bits per heavy atom. The summed E-state index contributed by atoms with van der Waals surface area (Å²) in [6, 6.07) is 0. The molecule has 0 saturated heterocycles. The van der Waals surface area contributed by atoms with E-state index in [4.69, 9.17) is 6.99 Å². The van der Waals surface area contributed by atoms with E-state index in [1.165, 1.54) is 0 Å². The summed E-state index contributed by atoms with van der Waals surface area (Å²) in [4.78, 5) is 0. The van der Waals surface area contributed by atoms with Gasteiger partial charge in [0.05, 0.1) is 0 Å². The molecule has 2 aliphatic rings. The minimum absolute atomic E-state index is 0.0729. The van der Waals surface area contributed by atoms with Gasteiger partial charge in [0.1, 0.15) is 0 Å². The van der Waals surface area contributed by atoms with Crippen molar-refractivity contribution in [2.75, 3.05) is 28.2 Å². The molecule has 0 radical (unpaired) electrons. The molecular weight excluding hydrogens is 432 g/mol. The van der Waals surface area contributed by atoms with Crippen molar-refractivity contribution in [2.45, 2.75) is 24.9 Å². The van der Waals surface area contributed by atoms with E-state index in [1.54, 1.807) is 28.2 Å². The first kappa shape index (κ1) is 20.2. The predicted molar refractivity (Wildman–Crippen MR) is 88.6 cm³/mol. The summed E-state index contributed by atoms with van der Waals surface area (Å²) >= 11 is -0.967. The van der Waals surface area contributed by atoms with Gasteiger partial charge in [0.25, 0.3) is 0 Å². The van der Waals surface area contributed by atoms with E-state index in [2.05, 4.69) is 73.1 Å². The minimum atomic E-state index is -0.967. The van der Waals surface area contributed by atoms with E-state index < -0.39 is 18.2 Å². The maximum absolute atomic E-state index is 4.72. The van der Waals surface area contributed by atoms with Gasteiger partial charge in [0, 0.05) is 0 Å². The van der Waals surface area contributed by atoms with E-state index in [0.29, 0.717) is 0 Å². The molecule has 0 spiro atoms. The van der Waals surface area contributed by atoms with Crippen LogP contribution in [0.2, 0.25) is 0 Å². The van der Waals surface area contributed by atoms with Crippen molar-refractivity contribution in [2.24, 2.45) is 6.99 Å². The number of hydrogen-bond acceptors (Lipinski definition) is 2. The summed E-state index contributed by atoms with van der Waals surface area (Å²) in [5, 5.41) is 7.00. The summed E-state index contributed by atoms with van der Waals surface area (Å²) in [6.07, 6.45) is 16.7. The monoisotopic (exact) mass is 458 g/mol. The Bertz CT molecular complexity index is 405. The maximum atomic E-state index is 4.72. The van der Waals surface area contributed by atoms with Crippen LogP contribution in [0.15, 0.2) is 55.6 Å². The van der Waals surface area contributed by atoms with Crippen molar-refractivity contribution in [3.63, 3.8) is 0 Å². The Labute approximate surface area is 137 Å². The summed E-state index contributed by atoms with van der Waals surface area (Å²) in [5.74, 6) is 0. The van der Waals surface area contributed by atoms with E-state index >= 15 is 0 Å². The fourth-order valence-electron chi connectivity index (χ4n) is 1.43. The zero-order valence-corrected chi connectivity index (χ0v) is 16.7. The molecule has 0 aliphatic heterocycles. The van der Waals surface area contributed by atoms with Crippen LogP contribution in [0, 0.1) is 0 Å². The Balaban J connectivity index is 0.000000578. The molecule has 0 aromatic carbocycles. The van der Waals surface area contributed by atoms with Crippen molar-refractivity contribution in [1.82, 2.24) is 0 Å². The van der Waals surface area contributed by atoms with Gasteiger partial charge >= 0.3 is 98.7 Å². The smallest absolute Gasteiger partial charge is 0.162 e. The number of hydrogen-bond donors (Lipinski definition) is 0. The first-order valence-electron chi connectivity index (χ1n) is 6.76. The van der Waals surface area contributed by atoms with Gasteiger partial charge in [0.15, 0.2) is 0 Å². The molecule has 0 saturated carbocycles. The van der Waals surface area contributed by atoms with Crippen LogP contribution >= 0.6 is 0 Å². The summed E-state index contributed by atoms with van der Waals surface area (Å²) in [5.41, 5.74) is -0.146. The Hall–Kier alpha value is -0.832. The molecule has 0 unspecified atom stereocenters. The topological polar surface area (TPSA) is 52.9 Å². The molecule has 2 aliphatic carbocycles. The predicted octanol–water partition coefficient (Wildman–Crippen LogP) is 4.44. The van der Waals surface area contributed by atoms with Gasteiger partial charge in [-0.15, -0.1) is 0 Å².